The number of hydrogen-bond donors (Lipinski definition) is 1. The summed E-state index contributed by atoms with van der Waals surface area (Å²) in [4.78, 5) is 15.6. The Morgan fingerprint density at radius 2 is 2.04 bits per heavy atom. The molecule has 0 aliphatic rings. The van der Waals surface area contributed by atoms with Gasteiger partial charge in [-0.3, -0.25) is 9.78 Å². The number of pyridine rings is 1. The van der Waals surface area contributed by atoms with Gasteiger partial charge in [0.1, 0.15) is 18.2 Å². The van der Waals surface area contributed by atoms with Gasteiger partial charge < -0.3 is 10.1 Å². The largest absolute Gasteiger partial charge is 0.490 e. The highest BCUT2D eigenvalue weighted by molar-refractivity contribution is 5.94. The second-order valence-electron chi connectivity index (χ2n) is 5.15. The lowest BCUT2D eigenvalue weighted by Crippen LogP contribution is -2.49. The van der Waals surface area contributed by atoms with Crippen molar-refractivity contribution < 1.29 is 22.7 Å². The number of nitrogens with zero attached hydrogens (tertiary/aromatic N) is 2. The molecule has 0 radical (unpaired) electrons. The first kappa shape index (κ1) is 17.3. The van der Waals surface area contributed by atoms with Gasteiger partial charge in [0.15, 0.2) is 17.2 Å². The van der Waals surface area contributed by atoms with E-state index in [9.17, 15) is 23.2 Å². The summed E-state index contributed by atoms with van der Waals surface area (Å²) >= 11 is 0. The Morgan fingerprint density at radius 3 is 2.67 bits per heavy atom. The molecule has 2 rings (SSSR count). The van der Waals surface area contributed by atoms with E-state index in [2.05, 4.69) is 10.3 Å². The number of aromatic nitrogens is 1. The zero-order valence-electron chi connectivity index (χ0n) is 12.5. The highest BCUT2D eigenvalue weighted by Crippen LogP contribution is 2.17. The topological polar surface area (TPSA) is 75.0 Å². The molecule has 0 saturated heterocycles. The van der Waals surface area contributed by atoms with Gasteiger partial charge in [-0.15, -0.1) is 0 Å². The Kier molecular flexibility index (Phi) is 5.04. The van der Waals surface area contributed by atoms with Crippen LogP contribution in [0.3, 0.4) is 0 Å². The SMILES string of the molecule is C[C@@](C#N)(COc1ccc(F)c(F)c1)NC(=O)c1cncc(F)c1. The highest BCUT2D eigenvalue weighted by atomic mass is 19.2. The molecule has 1 aromatic heterocycles. The number of rotatable bonds is 5. The van der Waals surface area contributed by atoms with Crippen LogP contribution >= 0.6 is 0 Å². The first-order valence-corrected chi connectivity index (χ1v) is 6.75. The number of ether oxygens (including phenoxy) is 1. The van der Waals surface area contributed by atoms with Gasteiger partial charge in [-0.2, -0.15) is 5.26 Å². The van der Waals surface area contributed by atoms with Gasteiger partial charge in [-0.25, -0.2) is 13.2 Å². The molecule has 0 bridgehead atoms. The van der Waals surface area contributed by atoms with Crippen LogP contribution in [0.15, 0.2) is 36.7 Å². The molecule has 1 N–H and O–H groups in total. The van der Waals surface area contributed by atoms with Crippen molar-refractivity contribution in [3.63, 3.8) is 0 Å². The van der Waals surface area contributed by atoms with Crippen molar-refractivity contribution in [3.8, 4) is 11.8 Å². The van der Waals surface area contributed by atoms with Crippen molar-refractivity contribution in [1.29, 1.82) is 5.26 Å². The molecular formula is C16H12F3N3O2. The predicted molar refractivity (Wildman–Crippen MR) is 77.5 cm³/mol. The third-order valence-corrected chi connectivity index (χ3v) is 3.02. The van der Waals surface area contributed by atoms with E-state index in [0.717, 1.165) is 30.6 Å². The highest BCUT2D eigenvalue weighted by Gasteiger charge is 2.28. The van der Waals surface area contributed by atoms with E-state index < -0.39 is 28.9 Å². The lowest BCUT2D eigenvalue weighted by molar-refractivity contribution is 0.0900. The molecule has 0 aliphatic heterocycles. The van der Waals surface area contributed by atoms with Gasteiger partial charge in [0, 0.05) is 12.3 Å². The molecule has 0 aliphatic carbocycles. The third-order valence-electron chi connectivity index (χ3n) is 3.02. The molecule has 1 atom stereocenters. The van der Waals surface area contributed by atoms with E-state index in [1.807, 2.05) is 6.07 Å². The zero-order valence-corrected chi connectivity index (χ0v) is 12.5. The summed E-state index contributed by atoms with van der Waals surface area (Å²) in [6.45, 7) is 1.04. The first-order chi connectivity index (χ1) is 11.3. The van der Waals surface area contributed by atoms with E-state index >= 15 is 0 Å². The van der Waals surface area contributed by atoms with Crippen LogP contribution in [0.25, 0.3) is 0 Å². The van der Waals surface area contributed by atoms with Crippen LogP contribution in [0, 0.1) is 28.8 Å². The number of halogens is 3. The van der Waals surface area contributed by atoms with Crippen LogP contribution in [-0.4, -0.2) is 23.0 Å². The number of amides is 1. The fraction of sp³-hybridized carbons (Fsp3) is 0.188. The maximum absolute atomic E-state index is 13.1. The van der Waals surface area contributed by atoms with Crippen molar-refractivity contribution in [2.45, 2.75) is 12.5 Å². The number of benzene rings is 1. The minimum Gasteiger partial charge on any atom is -0.490 e. The molecule has 24 heavy (non-hydrogen) atoms. The van der Waals surface area contributed by atoms with Gasteiger partial charge in [0.05, 0.1) is 17.8 Å². The number of carbonyl (C=O) groups is 1. The van der Waals surface area contributed by atoms with Crippen molar-refractivity contribution in [1.82, 2.24) is 10.3 Å². The standard InChI is InChI=1S/C16H12F3N3O2/c1-16(8-20,9-24-12-2-3-13(18)14(19)5-12)22-15(23)10-4-11(17)7-21-6-10/h2-7H,9H2,1H3,(H,22,23)/t16-/m1/s1. The van der Waals surface area contributed by atoms with E-state index in [-0.39, 0.29) is 17.9 Å². The zero-order chi connectivity index (χ0) is 17.7. The molecule has 1 aromatic carbocycles. The maximum Gasteiger partial charge on any atom is 0.254 e. The Morgan fingerprint density at radius 1 is 1.29 bits per heavy atom. The van der Waals surface area contributed by atoms with Crippen LogP contribution in [0.5, 0.6) is 5.75 Å². The maximum atomic E-state index is 13.1. The molecule has 1 heterocycles. The minimum atomic E-state index is -1.48. The van der Waals surface area contributed by atoms with Crippen molar-refractivity contribution >= 4 is 5.91 Å². The van der Waals surface area contributed by atoms with Gasteiger partial charge in [0.2, 0.25) is 0 Å². The van der Waals surface area contributed by atoms with Crippen molar-refractivity contribution in [2.24, 2.45) is 0 Å². The third kappa shape index (κ3) is 4.23. The van der Waals surface area contributed by atoms with Gasteiger partial charge in [-0.1, -0.05) is 0 Å². The summed E-state index contributed by atoms with van der Waals surface area (Å²) in [6, 6.07) is 5.71. The summed E-state index contributed by atoms with van der Waals surface area (Å²) in [6.07, 6.45) is 2.08. The van der Waals surface area contributed by atoms with Crippen LogP contribution in [0.2, 0.25) is 0 Å². The summed E-state index contributed by atoms with van der Waals surface area (Å²) < 4.78 is 44.3. The van der Waals surface area contributed by atoms with Gasteiger partial charge >= 0.3 is 0 Å². The number of carbonyl (C=O) groups excluding carboxylic acids is 1. The molecule has 0 unspecified atom stereocenters. The lowest BCUT2D eigenvalue weighted by atomic mass is 10.1. The van der Waals surface area contributed by atoms with E-state index in [0.29, 0.717) is 0 Å². The Hall–Kier alpha value is -3.08. The normalized spacial score (nSPS) is 12.8. The lowest BCUT2D eigenvalue weighted by Gasteiger charge is -2.23. The molecule has 0 spiro atoms. The average molecular weight is 335 g/mol. The Balaban J connectivity index is 2.06. The average Bonchev–Trinajstić information content (AvgIpc) is 2.56. The molecule has 2 aromatic rings. The molecule has 1 amide bonds. The molecule has 0 fully saturated rings. The summed E-state index contributed by atoms with van der Waals surface area (Å²) in [5.74, 6) is -3.55. The first-order valence-electron chi connectivity index (χ1n) is 6.75. The summed E-state index contributed by atoms with van der Waals surface area (Å²) in [7, 11) is 0. The number of nitrogens with one attached hydrogen (secondary N) is 1. The second kappa shape index (κ2) is 7.00. The molecule has 5 nitrogen and oxygen atoms in total. The summed E-state index contributed by atoms with van der Waals surface area (Å²) in [5.41, 5.74) is -1.54. The fourth-order valence-corrected chi connectivity index (χ4v) is 1.75. The Labute approximate surface area is 135 Å². The monoisotopic (exact) mass is 335 g/mol. The van der Waals surface area contributed by atoms with Crippen LogP contribution in [0.1, 0.15) is 17.3 Å². The summed E-state index contributed by atoms with van der Waals surface area (Å²) in [5, 5.41) is 11.6. The smallest absolute Gasteiger partial charge is 0.254 e. The number of nitriles is 1. The van der Waals surface area contributed by atoms with Gasteiger partial charge in [-0.05, 0) is 25.1 Å². The fourth-order valence-electron chi connectivity index (χ4n) is 1.75. The second-order valence-corrected chi connectivity index (χ2v) is 5.15. The molecule has 124 valence electrons. The Bertz CT molecular complexity index is 807. The molecular weight excluding hydrogens is 323 g/mol. The minimum absolute atomic E-state index is 0.00273. The van der Waals surface area contributed by atoms with Crippen LogP contribution < -0.4 is 10.1 Å². The molecule has 0 saturated carbocycles. The van der Waals surface area contributed by atoms with Crippen LogP contribution in [-0.2, 0) is 0 Å². The predicted octanol–water partition coefficient (Wildman–Crippen LogP) is 2.59. The van der Waals surface area contributed by atoms with Crippen LogP contribution in [0.4, 0.5) is 13.2 Å². The van der Waals surface area contributed by atoms with Crippen molar-refractivity contribution in [3.05, 3.63) is 59.7 Å². The van der Waals surface area contributed by atoms with E-state index in [1.54, 1.807) is 0 Å². The van der Waals surface area contributed by atoms with E-state index in [4.69, 9.17) is 4.74 Å². The van der Waals surface area contributed by atoms with E-state index in [1.165, 1.54) is 13.0 Å². The van der Waals surface area contributed by atoms with Gasteiger partial charge in [0.25, 0.3) is 5.91 Å². The molecule has 8 heteroatoms. The number of hydrogen-bond acceptors (Lipinski definition) is 4. The van der Waals surface area contributed by atoms with Crippen molar-refractivity contribution in [2.75, 3.05) is 6.61 Å². The quantitative estimate of drug-likeness (QED) is 0.911.